The Morgan fingerprint density at radius 3 is 2.52 bits per heavy atom. The van der Waals surface area contributed by atoms with E-state index in [1.165, 1.54) is 24.8 Å². The molecule has 3 nitrogen and oxygen atoms in total. The van der Waals surface area contributed by atoms with Crippen molar-refractivity contribution in [3.8, 4) is 5.75 Å². The molecule has 0 spiro atoms. The minimum atomic E-state index is -0.311. The van der Waals surface area contributed by atoms with Crippen molar-refractivity contribution in [3.05, 3.63) is 52.6 Å². The molecule has 0 saturated carbocycles. The van der Waals surface area contributed by atoms with Crippen LogP contribution in [0.1, 0.15) is 35.5 Å². The molecule has 1 aromatic heterocycles. The fraction of sp³-hybridized carbons (Fsp3) is 0.353. The lowest BCUT2D eigenvalue weighted by Gasteiger charge is -2.21. The second kappa shape index (κ2) is 6.12. The van der Waals surface area contributed by atoms with Crippen molar-refractivity contribution in [2.24, 2.45) is 0 Å². The summed E-state index contributed by atoms with van der Waals surface area (Å²) in [6.45, 7) is 8.15. The van der Waals surface area contributed by atoms with Crippen LogP contribution in [-0.4, -0.2) is 12.1 Å². The predicted molar refractivity (Wildman–Crippen MR) is 83.4 cm³/mol. The quantitative estimate of drug-likeness (QED) is 0.909. The number of halogens is 1. The number of nitrogens with one attached hydrogen (secondary N) is 1. The Kier molecular flexibility index (Phi) is 4.46. The molecule has 2 rings (SSSR count). The van der Waals surface area contributed by atoms with Gasteiger partial charge in [-0.1, -0.05) is 0 Å². The molecule has 0 fully saturated rings. The molecule has 1 aromatic carbocycles. The van der Waals surface area contributed by atoms with E-state index >= 15 is 0 Å². The largest absolute Gasteiger partial charge is 0.494 e. The molecule has 0 aliphatic heterocycles. The molecule has 0 amide bonds. The molecule has 112 valence electrons. The first-order chi connectivity index (χ1) is 9.92. The number of hydrogen-bond acceptors (Lipinski definition) is 3. The summed E-state index contributed by atoms with van der Waals surface area (Å²) >= 11 is 0. The van der Waals surface area contributed by atoms with E-state index in [4.69, 9.17) is 4.74 Å². The molecule has 0 bridgehead atoms. The van der Waals surface area contributed by atoms with Crippen molar-refractivity contribution in [1.29, 1.82) is 0 Å². The van der Waals surface area contributed by atoms with Crippen LogP contribution in [0.5, 0.6) is 5.75 Å². The highest BCUT2D eigenvalue weighted by molar-refractivity contribution is 5.58. The summed E-state index contributed by atoms with van der Waals surface area (Å²) in [5, 5.41) is 3.37. The highest BCUT2D eigenvalue weighted by atomic mass is 19.1. The van der Waals surface area contributed by atoms with Gasteiger partial charge in [0.1, 0.15) is 11.6 Å². The lowest BCUT2D eigenvalue weighted by atomic mass is 10.00. The number of rotatable bonds is 4. The molecular weight excluding hydrogens is 267 g/mol. The van der Waals surface area contributed by atoms with Crippen LogP contribution in [0.4, 0.5) is 10.1 Å². The van der Waals surface area contributed by atoms with Gasteiger partial charge < -0.3 is 10.1 Å². The minimum absolute atomic E-state index is 0.0532. The fourth-order valence-electron chi connectivity index (χ4n) is 2.78. The molecule has 1 heterocycles. The lowest BCUT2D eigenvalue weighted by Crippen LogP contribution is -2.12. The number of anilines is 1. The first kappa shape index (κ1) is 15.3. The maximum Gasteiger partial charge on any atom is 0.144 e. The third kappa shape index (κ3) is 3.32. The third-order valence-electron chi connectivity index (χ3n) is 3.55. The molecule has 0 aliphatic carbocycles. The molecule has 1 unspecified atom stereocenters. The summed E-state index contributed by atoms with van der Waals surface area (Å²) in [7, 11) is 1.54. The number of aryl methyl sites for hydroxylation is 3. The Morgan fingerprint density at radius 2 is 1.90 bits per heavy atom. The SMILES string of the molecule is COc1cc(F)ccc1NC(C)c1c(C)cc(C)nc1C. The van der Waals surface area contributed by atoms with Crippen molar-refractivity contribution in [3.63, 3.8) is 0 Å². The van der Waals surface area contributed by atoms with Crippen LogP contribution in [0.15, 0.2) is 24.3 Å². The maximum absolute atomic E-state index is 13.2. The standard InChI is InChI=1S/C17H21FN2O/c1-10-8-11(2)19-12(3)17(10)13(4)20-15-7-6-14(18)9-16(15)21-5/h6-9,13,20H,1-5H3. The zero-order chi connectivity index (χ0) is 15.6. The van der Waals surface area contributed by atoms with Gasteiger partial charge in [-0.15, -0.1) is 0 Å². The molecule has 2 aromatic rings. The normalized spacial score (nSPS) is 12.1. The molecule has 0 saturated heterocycles. The van der Waals surface area contributed by atoms with Gasteiger partial charge in [-0.25, -0.2) is 4.39 Å². The Balaban J connectivity index is 2.32. The summed E-state index contributed by atoms with van der Waals surface area (Å²) in [5.74, 6) is 0.187. The van der Waals surface area contributed by atoms with Gasteiger partial charge in [0.25, 0.3) is 0 Å². The molecule has 1 N–H and O–H groups in total. The topological polar surface area (TPSA) is 34.1 Å². The van der Waals surface area contributed by atoms with Crippen LogP contribution in [0.2, 0.25) is 0 Å². The van der Waals surface area contributed by atoms with E-state index in [-0.39, 0.29) is 11.9 Å². The molecule has 1 atom stereocenters. The smallest absolute Gasteiger partial charge is 0.144 e. The predicted octanol–water partition coefficient (Wildman–Crippen LogP) is 4.33. The van der Waals surface area contributed by atoms with Crippen molar-refractivity contribution >= 4 is 5.69 Å². The Morgan fingerprint density at radius 1 is 1.19 bits per heavy atom. The Bertz CT molecular complexity index is 632. The number of hydrogen-bond donors (Lipinski definition) is 1. The Labute approximate surface area is 125 Å². The van der Waals surface area contributed by atoms with Crippen LogP contribution in [0.3, 0.4) is 0 Å². The summed E-state index contributed by atoms with van der Waals surface area (Å²) in [6, 6.07) is 6.61. The molecule has 0 aliphatic rings. The monoisotopic (exact) mass is 288 g/mol. The molecule has 4 heteroatoms. The van der Waals surface area contributed by atoms with Crippen LogP contribution < -0.4 is 10.1 Å². The van der Waals surface area contributed by atoms with Crippen molar-refractivity contribution < 1.29 is 9.13 Å². The zero-order valence-corrected chi connectivity index (χ0v) is 13.1. The molecule has 0 radical (unpaired) electrons. The van der Waals surface area contributed by atoms with E-state index < -0.39 is 0 Å². The zero-order valence-electron chi connectivity index (χ0n) is 13.1. The molecular formula is C17H21FN2O. The van der Waals surface area contributed by atoms with Crippen LogP contribution in [0, 0.1) is 26.6 Å². The highest BCUT2D eigenvalue weighted by Gasteiger charge is 2.15. The number of ether oxygens (including phenoxy) is 1. The average molecular weight is 288 g/mol. The fourth-order valence-corrected chi connectivity index (χ4v) is 2.78. The second-order valence-corrected chi connectivity index (χ2v) is 5.29. The summed E-state index contributed by atoms with van der Waals surface area (Å²) < 4.78 is 18.5. The van der Waals surface area contributed by atoms with Crippen LogP contribution in [-0.2, 0) is 0 Å². The van der Waals surface area contributed by atoms with Gasteiger partial charge in [0.15, 0.2) is 0 Å². The summed E-state index contributed by atoms with van der Waals surface area (Å²) in [4.78, 5) is 4.52. The van der Waals surface area contributed by atoms with Gasteiger partial charge in [-0.2, -0.15) is 0 Å². The van der Waals surface area contributed by atoms with Gasteiger partial charge in [0, 0.05) is 17.5 Å². The average Bonchev–Trinajstić information content (AvgIpc) is 2.39. The number of aromatic nitrogens is 1. The van der Waals surface area contributed by atoms with E-state index in [0.29, 0.717) is 5.75 Å². The number of methoxy groups -OCH3 is 1. The summed E-state index contributed by atoms with van der Waals surface area (Å²) in [6.07, 6.45) is 0. The van der Waals surface area contributed by atoms with Crippen LogP contribution >= 0.6 is 0 Å². The molecule has 21 heavy (non-hydrogen) atoms. The lowest BCUT2D eigenvalue weighted by molar-refractivity contribution is 0.412. The third-order valence-corrected chi connectivity index (χ3v) is 3.55. The summed E-state index contributed by atoms with van der Waals surface area (Å²) in [5.41, 5.74) is 5.15. The first-order valence-corrected chi connectivity index (χ1v) is 6.97. The van der Waals surface area contributed by atoms with Crippen molar-refractivity contribution in [2.45, 2.75) is 33.7 Å². The van der Waals surface area contributed by atoms with Crippen molar-refractivity contribution in [2.75, 3.05) is 12.4 Å². The van der Waals surface area contributed by atoms with Gasteiger partial charge >= 0.3 is 0 Å². The van der Waals surface area contributed by atoms with E-state index in [9.17, 15) is 4.39 Å². The number of nitrogens with zero attached hydrogens (tertiary/aromatic N) is 1. The number of benzene rings is 1. The highest BCUT2D eigenvalue weighted by Crippen LogP contribution is 2.30. The first-order valence-electron chi connectivity index (χ1n) is 6.97. The van der Waals surface area contributed by atoms with E-state index in [2.05, 4.69) is 30.2 Å². The van der Waals surface area contributed by atoms with Gasteiger partial charge in [-0.3, -0.25) is 4.98 Å². The second-order valence-electron chi connectivity index (χ2n) is 5.29. The number of pyridine rings is 1. The maximum atomic E-state index is 13.2. The van der Waals surface area contributed by atoms with Crippen LogP contribution in [0.25, 0.3) is 0 Å². The van der Waals surface area contributed by atoms with Crippen molar-refractivity contribution in [1.82, 2.24) is 4.98 Å². The van der Waals surface area contributed by atoms with Gasteiger partial charge in [0.05, 0.1) is 18.8 Å². The Hall–Kier alpha value is -2.10. The van der Waals surface area contributed by atoms with E-state index in [1.54, 1.807) is 6.07 Å². The minimum Gasteiger partial charge on any atom is -0.494 e. The van der Waals surface area contributed by atoms with Gasteiger partial charge in [0.2, 0.25) is 0 Å². The van der Waals surface area contributed by atoms with E-state index in [1.807, 2.05) is 13.8 Å². The van der Waals surface area contributed by atoms with E-state index in [0.717, 1.165) is 22.6 Å². The van der Waals surface area contributed by atoms with Gasteiger partial charge in [-0.05, 0) is 57.0 Å².